The molecule has 1 aliphatic carbocycles. The lowest BCUT2D eigenvalue weighted by Gasteiger charge is -2.21. The Hall–Kier alpha value is -0.830. The monoisotopic (exact) mass is 249 g/mol. The minimum absolute atomic E-state index is 0.342. The van der Waals surface area contributed by atoms with Gasteiger partial charge in [0.25, 0.3) is 0 Å². The van der Waals surface area contributed by atoms with Crippen molar-refractivity contribution in [3.63, 3.8) is 0 Å². The lowest BCUT2D eigenvalue weighted by Crippen LogP contribution is -2.20. The van der Waals surface area contributed by atoms with Crippen molar-refractivity contribution in [1.82, 2.24) is 9.78 Å². The molecule has 1 aromatic rings. The summed E-state index contributed by atoms with van der Waals surface area (Å²) in [6, 6.07) is 3.17. The predicted octanol–water partition coefficient (Wildman–Crippen LogP) is 3.45. The van der Waals surface area contributed by atoms with E-state index in [0.717, 1.165) is 19.3 Å². The standard InChI is InChI=1S/C15H27N3/c1-2-6-13(16)9-10-14-11-12-18(17-14)15-7-4-3-5-8-15/h11-13,15H,2-10,16H2,1H3. The molecular formula is C15H27N3. The molecule has 1 atom stereocenters. The van der Waals surface area contributed by atoms with Crippen molar-refractivity contribution in [3.05, 3.63) is 18.0 Å². The third-order valence-corrected chi connectivity index (χ3v) is 4.04. The molecule has 1 saturated carbocycles. The third-order valence-electron chi connectivity index (χ3n) is 4.04. The zero-order chi connectivity index (χ0) is 12.8. The molecule has 0 bridgehead atoms. The molecule has 2 rings (SSSR count). The van der Waals surface area contributed by atoms with Gasteiger partial charge in [0.05, 0.1) is 11.7 Å². The van der Waals surface area contributed by atoms with Crippen molar-refractivity contribution in [2.24, 2.45) is 5.73 Å². The van der Waals surface area contributed by atoms with Gasteiger partial charge in [0.1, 0.15) is 0 Å². The highest BCUT2D eigenvalue weighted by Gasteiger charge is 2.16. The van der Waals surface area contributed by atoms with Gasteiger partial charge in [-0.2, -0.15) is 5.10 Å². The van der Waals surface area contributed by atoms with Crippen LogP contribution in [-0.4, -0.2) is 15.8 Å². The zero-order valence-corrected chi connectivity index (χ0v) is 11.6. The van der Waals surface area contributed by atoms with Gasteiger partial charge >= 0.3 is 0 Å². The van der Waals surface area contributed by atoms with E-state index in [0.29, 0.717) is 12.1 Å². The highest BCUT2D eigenvalue weighted by atomic mass is 15.3. The Morgan fingerprint density at radius 1 is 1.33 bits per heavy atom. The summed E-state index contributed by atoms with van der Waals surface area (Å²) in [5.41, 5.74) is 7.26. The Labute approximate surface area is 111 Å². The summed E-state index contributed by atoms with van der Waals surface area (Å²) in [5, 5.41) is 4.73. The summed E-state index contributed by atoms with van der Waals surface area (Å²) in [6.07, 6.45) is 13.3. The molecule has 0 aromatic carbocycles. The molecule has 0 amide bonds. The summed E-state index contributed by atoms with van der Waals surface area (Å²) in [5.74, 6) is 0. The van der Waals surface area contributed by atoms with Gasteiger partial charge in [-0.05, 0) is 38.2 Å². The number of aromatic nitrogens is 2. The summed E-state index contributed by atoms with van der Waals surface area (Å²) in [7, 11) is 0. The lowest BCUT2D eigenvalue weighted by molar-refractivity contribution is 0.328. The largest absolute Gasteiger partial charge is 0.328 e. The molecule has 0 spiro atoms. The zero-order valence-electron chi connectivity index (χ0n) is 11.6. The Morgan fingerprint density at radius 3 is 2.83 bits per heavy atom. The first-order valence-electron chi connectivity index (χ1n) is 7.59. The fourth-order valence-electron chi connectivity index (χ4n) is 2.91. The van der Waals surface area contributed by atoms with Crippen LogP contribution in [-0.2, 0) is 6.42 Å². The van der Waals surface area contributed by atoms with Gasteiger partial charge in [-0.25, -0.2) is 0 Å². The van der Waals surface area contributed by atoms with Crippen molar-refractivity contribution in [2.75, 3.05) is 0 Å². The van der Waals surface area contributed by atoms with Crippen LogP contribution in [0.2, 0.25) is 0 Å². The Kier molecular flexibility index (Phi) is 5.24. The maximum atomic E-state index is 6.05. The van der Waals surface area contributed by atoms with Crippen LogP contribution in [0.4, 0.5) is 0 Å². The van der Waals surface area contributed by atoms with E-state index in [2.05, 4.69) is 23.9 Å². The summed E-state index contributed by atoms with van der Waals surface area (Å²) >= 11 is 0. The smallest absolute Gasteiger partial charge is 0.0625 e. The molecule has 1 aromatic heterocycles. The number of nitrogens with zero attached hydrogens (tertiary/aromatic N) is 2. The number of rotatable bonds is 6. The first-order valence-corrected chi connectivity index (χ1v) is 7.59. The Bertz CT molecular complexity index is 339. The van der Waals surface area contributed by atoms with Crippen LogP contribution in [0.25, 0.3) is 0 Å². The van der Waals surface area contributed by atoms with Crippen LogP contribution in [0, 0.1) is 0 Å². The predicted molar refractivity (Wildman–Crippen MR) is 75.6 cm³/mol. The Balaban J connectivity index is 1.82. The van der Waals surface area contributed by atoms with E-state index in [1.165, 1.54) is 44.2 Å². The fourth-order valence-corrected chi connectivity index (χ4v) is 2.91. The summed E-state index contributed by atoms with van der Waals surface area (Å²) in [6.45, 7) is 2.19. The molecule has 0 saturated heterocycles. The van der Waals surface area contributed by atoms with Gasteiger partial charge in [0, 0.05) is 12.2 Å². The molecule has 3 nitrogen and oxygen atoms in total. The molecule has 1 heterocycles. The van der Waals surface area contributed by atoms with E-state index >= 15 is 0 Å². The minimum atomic E-state index is 0.342. The normalized spacial score (nSPS) is 19.0. The molecule has 1 unspecified atom stereocenters. The van der Waals surface area contributed by atoms with Crippen LogP contribution < -0.4 is 5.73 Å². The van der Waals surface area contributed by atoms with Gasteiger partial charge in [-0.15, -0.1) is 0 Å². The molecule has 18 heavy (non-hydrogen) atoms. The number of aryl methyl sites for hydroxylation is 1. The maximum absolute atomic E-state index is 6.05. The molecule has 1 aliphatic rings. The minimum Gasteiger partial charge on any atom is -0.328 e. The highest BCUT2D eigenvalue weighted by Crippen LogP contribution is 2.27. The van der Waals surface area contributed by atoms with Crippen LogP contribution >= 0.6 is 0 Å². The summed E-state index contributed by atoms with van der Waals surface area (Å²) in [4.78, 5) is 0. The van der Waals surface area contributed by atoms with Crippen LogP contribution in [0.1, 0.15) is 70.0 Å². The van der Waals surface area contributed by atoms with Gasteiger partial charge in [0.15, 0.2) is 0 Å². The third kappa shape index (κ3) is 3.84. The molecule has 102 valence electrons. The van der Waals surface area contributed by atoms with Crippen molar-refractivity contribution >= 4 is 0 Å². The molecule has 3 heteroatoms. The molecular weight excluding hydrogens is 222 g/mol. The average molecular weight is 249 g/mol. The van der Waals surface area contributed by atoms with Gasteiger partial charge in [-0.1, -0.05) is 32.6 Å². The van der Waals surface area contributed by atoms with Crippen molar-refractivity contribution < 1.29 is 0 Å². The van der Waals surface area contributed by atoms with Crippen molar-refractivity contribution in [1.29, 1.82) is 0 Å². The van der Waals surface area contributed by atoms with Gasteiger partial charge in [-0.3, -0.25) is 4.68 Å². The van der Waals surface area contributed by atoms with E-state index in [9.17, 15) is 0 Å². The van der Waals surface area contributed by atoms with Crippen molar-refractivity contribution in [3.8, 4) is 0 Å². The number of hydrogen-bond acceptors (Lipinski definition) is 2. The van der Waals surface area contributed by atoms with Gasteiger partial charge in [0.2, 0.25) is 0 Å². The SMILES string of the molecule is CCCC(N)CCc1ccn(C2CCCCC2)n1. The number of hydrogen-bond donors (Lipinski definition) is 1. The summed E-state index contributed by atoms with van der Waals surface area (Å²) < 4.78 is 2.19. The topological polar surface area (TPSA) is 43.8 Å². The van der Waals surface area contributed by atoms with E-state index in [4.69, 9.17) is 10.8 Å². The number of nitrogens with two attached hydrogens (primary N) is 1. The molecule has 2 N–H and O–H groups in total. The Morgan fingerprint density at radius 2 is 2.11 bits per heavy atom. The average Bonchev–Trinajstić information content (AvgIpc) is 2.87. The van der Waals surface area contributed by atoms with E-state index in [-0.39, 0.29) is 0 Å². The first kappa shape index (κ1) is 13.6. The van der Waals surface area contributed by atoms with Crippen LogP contribution in [0.5, 0.6) is 0 Å². The van der Waals surface area contributed by atoms with Crippen LogP contribution in [0.15, 0.2) is 12.3 Å². The second-order valence-corrected chi connectivity index (χ2v) is 5.67. The molecule has 1 fully saturated rings. The fraction of sp³-hybridized carbons (Fsp3) is 0.800. The van der Waals surface area contributed by atoms with E-state index < -0.39 is 0 Å². The second kappa shape index (κ2) is 6.93. The van der Waals surface area contributed by atoms with E-state index in [1.807, 2.05) is 0 Å². The second-order valence-electron chi connectivity index (χ2n) is 5.67. The molecule has 0 aliphatic heterocycles. The maximum Gasteiger partial charge on any atom is 0.0625 e. The first-order chi connectivity index (χ1) is 8.79. The lowest BCUT2D eigenvalue weighted by atomic mass is 9.96. The quantitative estimate of drug-likeness (QED) is 0.839. The van der Waals surface area contributed by atoms with Crippen molar-refractivity contribution in [2.45, 2.75) is 76.8 Å². The molecule has 0 radical (unpaired) electrons. The van der Waals surface area contributed by atoms with E-state index in [1.54, 1.807) is 0 Å². The van der Waals surface area contributed by atoms with Crippen LogP contribution in [0.3, 0.4) is 0 Å². The van der Waals surface area contributed by atoms with Gasteiger partial charge < -0.3 is 5.73 Å². The highest BCUT2D eigenvalue weighted by molar-refractivity contribution is 5.00.